The van der Waals surface area contributed by atoms with Crippen molar-refractivity contribution in [3.63, 3.8) is 0 Å². The second-order valence-corrected chi connectivity index (χ2v) is 5.31. The third kappa shape index (κ3) is 3.29. The maximum absolute atomic E-state index is 13.4. The molecule has 0 aliphatic heterocycles. The minimum absolute atomic E-state index is 0.342. The first kappa shape index (κ1) is 14.8. The lowest BCUT2D eigenvalue weighted by molar-refractivity contribution is 0.102. The van der Waals surface area contributed by atoms with Crippen LogP contribution in [0.15, 0.2) is 40.9 Å². The summed E-state index contributed by atoms with van der Waals surface area (Å²) in [5.74, 6) is -0.804. The van der Waals surface area contributed by atoms with Crippen LogP contribution in [0.1, 0.15) is 10.4 Å². The van der Waals surface area contributed by atoms with Crippen molar-refractivity contribution < 1.29 is 9.18 Å². The monoisotopic (exact) mass is 356 g/mol. The first-order valence-electron chi connectivity index (χ1n) is 5.75. The van der Waals surface area contributed by atoms with Crippen LogP contribution in [0, 0.1) is 5.82 Å². The molecule has 6 heteroatoms. The summed E-state index contributed by atoms with van der Waals surface area (Å²) in [6, 6.07) is 9.32. The topological polar surface area (TPSA) is 41.1 Å². The summed E-state index contributed by atoms with van der Waals surface area (Å²) in [6.45, 7) is 0. The van der Waals surface area contributed by atoms with E-state index in [0.717, 1.165) is 0 Å². The summed E-state index contributed by atoms with van der Waals surface area (Å²) in [5.41, 5.74) is 1.41. The first-order chi connectivity index (χ1) is 9.51. The van der Waals surface area contributed by atoms with E-state index >= 15 is 0 Å². The molecule has 0 aliphatic rings. The molecule has 3 nitrogen and oxygen atoms in total. The molecule has 0 unspecified atom stereocenters. The summed E-state index contributed by atoms with van der Waals surface area (Å²) in [7, 11) is 1.71. The molecule has 20 heavy (non-hydrogen) atoms. The van der Waals surface area contributed by atoms with Gasteiger partial charge in [-0.2, -0.15) is 0 Å². The number of anilines is 2. The Balaban J connectivity index is 2.27. The van der Waals surface area contributed by atoms with Gasteiger partial charge < -0.3 is 10.6 Å². The Bertz CT molecular complexity index is 664. The third-order valence-corrected chi connectivity index (χ3v) is 3.55. The summed E-state index contributed by atoms with van der Waals surface area (Å²) in [5, 5.41) is 5.99. The van der Waals surface area contributed by atoms with Crippen molar-refractivity contribution in [2.45, 2.75) is 0 Å². The number of carbonyl (C=O) groups excluding carboxylic acids is 1. The largest absolute Gasteiger partial charge is 0.387 e. The van der Waals surface area contributed by atoms with E-state index in [-0.39, 0.29) is 5.91 Å². The summed E-state index contributed by atoms with van der Waals surface area (Å²) in [6.07, 6.45) is 0. The normalized spacial score (nSPS) is 10.2. The van der Waals surface area contributed by atoms with E-state index in [1.165, 1.54) is 12.1 Å². The molecule has 2 aromatic rings. The zero-order valence-electron chi connectivity index (χ0n) is 10.5. The maximum Gasteiger partial charge on any atom is 0.257 e. The summed E-state index contributed by atoms with van der Waals surface area (Å²) >= 11 is 8.95. The number of benzene rings is 2. The van der Waals surface area contributed by atoms with Crippen molar-refractivity contribution >= 4 is 44.8 Å². The second kappa shape index (κ2) is 6.24. The molecule has 0 spiro atoms. The predicted molar refractivity (Wildman–Crippen MR) is 83.1 cm³/mol. The van der Waals surface area contributed by atoms with Gasteiger partial charge in [0.25, 0.3) is 5.91 Å². The van der Waals surface area contributed by atoms with Crippen LogP contribution in [0.25, 0.3) is 0 Å². The van der Waals surface area contributed by atoms with Crippen LogP contribution in [0.3, 0.4) is 0 Å². The van der Waals surface area contributed by atoms with Gasteiger partial charge in [0.2, 0.25) is 0 Å². The van der Waals surface area contributed by atoms with Crippen LogP contribution in [-0.4, -0.2) is 13.0 Å². The fraction of sp³-hybridized carbons (Fsp3) is 0.0714. The van der Waals surface area contributed by atoms with Gasteiger partial charge in [0.15, 0.2) is 0 Å². The molecule has 0 saturated heterocycles. The lowest BCUT2D eigenvalue weighted by Gasteiger charge is -2.10. The van der Waals surface area contributed by atoms with Gasteiger partial charge in [0.1, 0.15) is 5.82 Å². The fourth-order valence-corrected chi connectivity index (χ4v) is 2.11. The van der Waals surface area contributed by atoms with E-state index in [2.05, 4.69) is 26.6 Å². The van der Waals surface area contributed by atoms with Crippen LogP contribution < -0.4 is 10.6 Å². The molecule has 0 radical (unpaired) electrons. The van der Waals surface area contributed by atoms with Crippen LogP contribution in [0.5, 0.6) is 0 Å². The Labute approximate surface area is 129 Å². The number of nitrogens with one attached hydrogen (secondary N) is 2. The number of hydrogen-bond acceptors (Lipinski definition) is 2. The Hall–Kier alpha value is -1.59. The van der Waals surface area contributed by atoms with Crippen molar-refractivity contribution in [2.75, 3.05) is 17.7 Å². The van der Waals surface area contributed by atoms with Gasteiger partial charge in [-0.1, -0.05) is 11.6 Å². The molecule has 2 rings (SSSR count). The molecule has 0 atom stereocenters. The lowest BCUT2D eigenvalue weighted by Crippen LogP contribution is -2.14. The Morgan fingerprint density at radius 1 is 1.25 bits per heavy atom. The van der Waals surface area contributed by atoms with Crippen molar-refractivity contribution in [1.82, 2.24) is 0 Å². The number of rotatable bonds is 3. The molecule has 0 aliphatic carbocycles. The second-order valence-electron chi connectivity index (χ2n) is 4.02. The van der Waals surface area contributed by atoms with Crippen LogP contribution >= 0.6 is 27.5 Å². The molecule has 0 fully saturated rings. The van der Waals surface area contributed by atoms with E-state index in [4.69, 9.17) is 11.6 Å². The predicted octanol–water partition coefficient (Wildman–Crippen LogP) is 4.54. The van der Waals surface area contributed by atoms with E-state index < -0.39 is 5.82 Å². The van der Waals surface area contributed by atoms with E-state index in [9.17, 15) is 9.18 Å². The Morgan fingerprint density at radius 2 is 2.00 bits per heavy atom. The van der Waals surface area contributed by atoms with Gasteiger partial charge in [-0.05, 0) is 52.3 Å². The SMILES string of the molecule is CNc1ccc(Cl)cc1C(=O)Nc1ccc(Br)c(F)c1. The smallest absolute Gasteiger partial charge is 0.257 e. The minimum atomic E-state index is -0.442. The van der Waals surface area contributed by atoms with Gasteiger partial charge in [0, 0.05) is 23.4 Å². The van der Waals surface area contributed by atoms with E-state index in [1.54, 1.807) is 31.3 Å². The average Bonchev–Trinajstić information content (AvgIpc) is 2.43. The van der Waals surface area contributed by atoms with Gasteiger partial charge in [-0.3, -0.25) is 4.79 Å². The number of hydrogen-bond donors (Lipinski definition) is 2. The number of amides is 1. The summed E-state index contributed by atoms with van der Waals surface area (Å²) in [4.78, 5) is 12.2. The molecular formula is C14H11BrClFN2O. The van der Waals surface area contributed by atoms with Gasteiger partial charge in [-0.15, -0.1) is 0 Å². The lowest BCUT2D eigenvalue weighted by atomic mass is 10.1. The van der Waals surface area contributed by atoms with Gasteiger partial charge in [-0.25, -0.2) is 4.39 Å². The number of halogens is 3. The highest BCUT2D eigenvalue weighted by Gasteiger charge is 2.12. The fourth-order valence-electron chi connectivity index (χ4n) is 1.69. The maximum atomic E-state index is 13.4. The molecule has 104 valence electrons. The molecule has 2 N–H and O–H groups in total. The first-order valence-corrected chi connectivity index (χ1v) is 6.92. The molecular weight excluding hydrogens is 347 g/mol. The molecule has 0 saturated carbocycles. The Kier molecular flexibility index (Phi) is 4.62. The van der Waals surface area contributed by atoms with Crippen LogP contribution in [0.4, 0.5) is 15.8 Å². The molecule has 0 heterocycles. The van der Waals surface area contributed by atoms with Crippen molar-refractivity contribution in [3.8, 4) is 0 Å². The van der Waals surface area contributed by atoms with Crippen molar-refractivity contribution in [2.24, 2.45) is 0 Å². The van der Waals surface area contributed by atoms with Crippen LogP contribution in [0.2, 0.25) is 5.02 Å². The molecule has 0 aromatic heterocycles. The van der Waals surface area contributed by atoms with E-state index in [1.807, 2.05) is 0 Å². The average molecular weight is 358 g/mol. The third-order valence-electron chi connectivity index (χ3n) is 2.67. The highest BCUT2D eigenvalue weighted by Crippen LogP contribution is 2.23. The Morgan fingerprint density at radius 3 is 2.65 bits per heavy atom. The van der Waals surface area contributed by atoms with E-state index in [0.29, 0.717) is 26.4 Å². The zero-order valence-corrected chi connectivity index (χ0v) is 12.8. The minimum Gasteiger partial charge on any atom is -0.387 e. The molecule has 1 amide bonds. The van der Waals surface area contributed by atoms with Crippen LogP contribution in [-0.2, 0) is 0 Å². The quantitative estimate of drug-likeness (QED) is 0.847. The summed E-state index contributed by atoms with van der Waals surface area (Å²) < 4.78 is 13.8. The molecule has 0 bridgehead atoms. The molecule has 2 aromatic carbocycles. The van der Waals surface area contributed by atoms with Crippen molar-refractivity contribution in [1.29, 1.82) is 0 Å². The number of carbonyl (C=O) groups is 1. The van der Waals surface area contributed by atoms with Crippen molar-refractivity contribution in [3.05, 3.63) is 57.3 Å². The van der Waals surface area contributed by atoms with Gasteiger partial charge >= 0.3 is 0 Å². The standard InChI is InChI=1S/C14H11BrClFN2O/c1-18-13-5-2-8(16)6-10(13)14(20)19-9-3-4-11(15)12(17)7-9/h2-7,18H,1H3,(H,19,20). The highest BCUT2D eigenvalue weighted by molar-refractivity contribution is 9.10. The zero-order chi connectivity index (χ0) is 14.7. The van der Waals surface area contributed by atoms with Gasteiger partial charge in [0.05, 0.1) is 10.0 Å². The highest BCUT2D eigenvalue weighted by atomic mass is 79.9.